The average Bonchev–Trinajstić information content (AvgIpc) is 2.85. The highest BCUT2D eigenvalue weighted by Gasteiger charge is 2.16. The number of hydrogen-bond acceptors (Lipinski definition) is 4. The summed E-state index contributed by atoms with van der Waals surface area (Å²) in [5.41, 5.74) is 0.334. The van der Waals surface area contributed by atoms with Gasteiger partial charge in [-0.15, -0.1) is 11.3 Å². The number of nitrogens with one attached hydrogen (secondary N) is 1. The van der Waals surface area contributed by atoms with Gasteiger partial charge in [0.2, 0.25) is 0 Å². The molecule has 2 heterocycles. The SMILES string of the molecule is Cn1ncc(C#N)c1NC(=O)c1cc(Br)c(Br)s1. The Balaban J connectivity index is 2.27. The predicted molar refractivity (Wildman–Crippen MR) is 75.6 cm³/mol. The minimum atomic E-state index is -0.272. The first-order chi connectivity index (χ1) is 8.52. The van der Waals surface area contributed by atoms with Gasteiger partial charge in [-0.2, -0.15) is 10.4 Å². The van der Waals surface area contributed by atoms with E-state index < -0.39 is 0 Å². The van der Waals surface area contributed by atoms with Gasteiger partial charge in [0.05, 0.1) is 14.9 Å². The number of halogens is 2. The van der Waals surface area contributed by atoms with Gasteiger partial charge in [-0.25, -0.2) is 0 Å². The Morgan fingerprint density at radius 1 is 1.61 bits per heavy atom. The molecular formula is C10H6Br2N4OS. The summed E-state index contributed by atoms with van der Waals surface area (Å²) in [6.45, 7) is 0. The zero-order valence-corrected chi connectivity index (χ0v) is 13.1. The average molecular weight is 390 g/mol. The Labute approximate surface area is 124 Å². The molecule has 0 aliphatic carbocycles. The second-order valence-corrected chi connectivity index (χ2v) is 6.55. The van der Waals surface area contributed by atoms with E-state index in [1.165, 1.54) is 22.2 Å². The van der Waals surface area contributed by atoms with Crippen LogP contribution in [0.15, 0.2) is 20.5 Å². The molecule has 0 aliphatic rings. The number of amides is 1. The highest BCUT2D eigenvalue weighted by atomic mass is 79.9. The van der Waals surface area contributed by atoms with Gasteiger partial charge in [0, 0.05) is 11.5 Å². The summed E-state index contributed by atoms with van der Waals surface area (Å²) in [5.74, 6) is 0.120. The maximum atomic E-state index is 12.0. The Morgan fingerprint density at radius 3 is 2.89 bits per heavy atom. The number of carbonyl (C=O) groups is 1. The van der Waals surface area contributed by atoms with Crippen LogP contribution in [-0.4, -0.2) is 15.7 Å². The summed E-state index contributed by atoms with van der Waals surface area (Å²) in [7, 11) is 1.66. The molecule has 2 aromatic heterocycles. The van der Waals surface area contributed by atoms with Crippen LogP contribution in [-0.2, 0) is 7.05 Å². The van der Waals surface area contributed by atoms with Gasteiger partial charge in [0.1, 0.15) is 17.5 Å². The minimum absolute atomic E-state index is 0.272. The first-order valence-electron chi connectivity index (χ1n) is 4.71. The van der Waals surface area contributed by atoms with Crippen molar-refractivity contribution < 1.29 is 4.79 Å². The maximum absolute atomic E-state index is 12.0. The van der Waals surface area contributed by atoms with Crippen LogP contribution in [0.4, 0.5) is 5.82 Å². The van der Waals surface area contributed by atoms with E-state index in [9.17, 15) is 4.79 Å². The normalized spacial score (nSPS) is 10.1. The summed E-state index contributed by atoms with van der Waals surface area (Å²) < 4.78 is 3.12. The molecule has 0 fully saturated rings. The topological polar surface area (TPSA) is 70.7 Å². The van der Waals surface area contributed by atoms with Crippen molar-refractivity contribution in [2.45, 2.75) is 0 Å². The number of aromatic nitrogens is 2. The third kappa shape index (κ3) is 2.48. The van der Waals surface area contributed by atoms with Gasteiger partial charge in [-0.3, -0.25) is 9.48 Å². The first-order valence-corrected chi connectivity index (χ1v) is 7.11. The minimum Gasteiger partial charge on any atom is -0.305 e. The van der Waals surface area contributed by atoms with E-state index in [4.69, 9.17) is 5.26 Å². The van der Waals surface area contributed by atoms with E-state index >= 15 is 0 Å². The Kier molecular flexibility index (Phi) is 3.85. The van der Waals surface area contributed by atoms with Crippen molar-refractivity contribution in [3.63, 3.8) is 0 Å². The molecule has 2 rings (SSSR count). The quantitative estimate of drug-likeness (QED) is 0.857. The summed E-state index contributed by atoms with van der Waals surface area (Å²) in [4.78, 5) is 12.5. The molecule has 8 heteroatoms. The fourth-order valence-corrected chi connectivity index (χ4v) is 3.23. The number of carbonyl (C=O) groups excluding carboxylic acids is 1. The van der Waals surface area contributed by atoms with Crippen molar-refractivity contribution in [2.75, 3.05) is 5.32 Å². The largest absolute Gasteiger partial charge is 0.305 e. The van der Waals surface area contributed by atoms with Crippen LogP contribution in [0.3, 0.4) is 0 Å². The smallest absolute Gasteiger partial charge is 0.266 e. The second-order valence-electron chi connectivity index (χ2n) is 3.33. The van der Waals surface area contributed by atoms with E-state index in [1.807, 2.05) is 6.07 Å². The van der Waals surface area contributed by atoms with E-state index in [0.717, 1.165) is 8.26 Å². The lowest BCUT2D eigenvalue weighted by atomic mass is 10.3. The first kappa shape index (κ1) is 13.3. The molecule has 0 atom stereocenters. The van der Waals surface area contributed by atoms with Gasteiger partial charge in [-0.1, -0.05) is 0 Å². The molecule has 18 heavy (non-hydrogen) atoms. The monoisotopic (exact) mass is 388 g/mol. The summed E-state index contributed by atoms with van der Waals surface area (Å²) in [6.07, 6.45) is 1.41. The summed E-state index contributed by atoms with van der Waals surface area (Å²) in [6, 6.07) is 3.69. The van der Waals surface area contributed by atoms with E-state index in [-0.39, 0.29) is 5.91 Å². The van der Waals surface area contributed by atoms with Gasteiger partial charge < -0.3 is 5.32 Å². The second kappa shape index (κ2) is 5.22. The molecule has 0 spiro atoms. The standard InChI is InChI=1S/C10H6Br2N4OS/c1-16-9(5(3-13)4-14-16)15-10(17)7-2-6(11)8(12)18-7/h2,4H,1H3,(H,15,17). The number of rotatable bonds is 2. The van der Waals surface area contributed by atoms with Crippen LogP contribution >= 0.6 is 43.2 Å². The van der Waals surface area contributed by atoms with Crippen molar-refractivity contribution in [2.24, 2.45) is 7.05 Å². The number of aryl methyl sites for hydroxylation is 1. The lowest BCUT2D eigenvalue weighted by Gasteiger charge is -2.03. The van der Waals surface area contributed by atoms with Crippen molar-refractivity contribution in [3.8, 4) is 6.07 Å². The van der Waals surface area contributed by atoms with Crippen molar-refractivity contribution in [1.29, 1.82) is 5.26 Å². The molecule has 5 nitrogen and oxygen atoms in total. The molecule has 0 saturated carbocycles. The zero-order chi connectivity index (χ0) is 13.3. The van der Waals surface area contributed by atoms with E-state index in [1.54, 1.807) is 13.1 Å². The van der Waals surface area contributed by atoms with Crippen LogP contribution in [0.25, 0.3) is 0 Å². The Hall–Kier alpha value is -1.17. The van der Waals surface area contributed by atoms with Crippen LogP contribution in [0.5, 0.6) is 0 Å². The molecule has 0 bridgehead atoms. The molecule has 1 amide bonds. The predicted octanol–water partition coefficient (Wildman–Crippen LogP) is 3.13. The highest BCUT2D eigenvalue weighted by molar-refractivity contribution is 9.13. The number of hydrogen-bond donors (Lipinski definition) is 1. The molecule has 2 aromatic rings. The number of nitriles is 1. The van der Waals surface area contributed by atoms with Crippen LogP contribution in [0.2, 0.25) is 0 Å². The molecule has 0 unspecified atom stereocenters. The molecule has 0 saturated heterocycles. The van der Waals surface area contributed by atoms with Crippen molar-refractivity contribution >= 4 is 54.9 Å². The van der Waals surface area contributed by atoms with Gasteiger partial charge in [-0.05, 0) is 37.9 Å². The molecule has 92 valence electrons. The van der Waals surface area contributed by atoms with Gasteiger partial charge in [0.15, 0.2) is 0 Å². The highest BCUT2D eigenvalue weighted by Crippen LogP contribution is 2.32. The molecule has 0 radical (unpaired) electrons. The Bertz CT molecular complexity index is 636. The number of thiophene rings is 1. The number of anilines is 1. The number of nitrogens with zero attached hydrogens (tertiary/aromatic N) is 3. The maximum Gasteiger partial charge on any atom is 0.266 e. The van der Waals surface area contributed by atoms with E-state index in [0.29, 0.717) is 16.3 Å². The molecule has 1 N–H and O–H groups in total. The van der Waals surface area contributed by atoms with Crippen LogP contribution in [0, 0.1) is 11.3 Å². The third-order valence-corrected chi connectivity index (χ3v) is 5.42. The summed E-state index contributed by atoms with van der Waals surface area (Å²) in [5, 5.41) is 15.5. The lowest BCUT2D eigenvalue weighted by molar-refractivity contribution is 0.102. The van der Waals surface area contributed by atoms with Crippen LogP contribution < -0.4 is 5.32 Å². The fourth-order valence-electron chi connectivity index (χ4n) is 1.30. The fraction of sp³-hybridized carbons (Fsp3) is 0.100. The molecular weight excluding hydrogens is 384 g/mol. The van der Waals surface area contributed by atoms with Crippen LogP contribution in [0.1, 0.15) is 15.2 Å². The van der Waals surface area contributed by atoms with Gasteiger partial charge >= 0.3 is 0 Å². The lowest BCUT2D eigenvalue weighted by Crippen LogP contribution is -2.14. The molecule has 0 aromatic carbocycles. The van der Waals surface area contributed by atoms with Crippen molar-refractivity contribution in [3.05, 3.63) is 31.0 Å². The zero-order valence-electron chi connectivity index (χ0n) is 9.07. The van der Waals surface area contributed by atoms with Crippen molar-refractivity contribution in [1.82, 2.24) is 9.78 Å². The van der Waals surface area contributed by atoms with E-state index in [2.05, 4.69) is 42.3 Å². The summed E-state index contributed by atoms with van der Waals surface area (Å²) >= 11 is 7.95. The third-order valence-electron chi connectivity index (χ3n) is 2.16. The van der Waals surface area contributed by atoms with Gasteiger partial charge in [0.25, 0.3) is 5.91 Å². The Morgan fingerprint density at radius 2 is 2.33 bits per heavy atom. The molecule has 0 aliphatic heterocycles.